The van der Waals surface area contributed by atoms with Gasteiger partial charge in [-0.1, -0.05) is 6.07 Å². The SMILES string of the molecule is O=C(CC(=O)OC(F)(F)F)OCc1cccs1. The molecule has 0 aromatic carbocycles. The van der Waals surface area contributed by atoms with E-state index >= 15 is 0 Å². The summed E-state index contributed by atoms with van der Waals surface area (Å²) in [5.74, 6) is -2.75. The van der Waals surface area contributed by atoms with Crippen LogP contribution in [0.15, 0.2) is 17.5 Å². The van der Waals surface area contributed by atoms with Gasteiger partial charge in [-0.25, -0.2) is 0 Å². The molecule has 0 aliphatic heterocycles. The van der Waals surface area contributed by atoms with Gasteiger partial charge in [-0.05, 0) is 11.4 Å². The Morgan fingerprint density at radius 2 is 2.00 bits per heavy atom. The van der Waals surface area contributed by atoms with E-state index in [0.717, 1.165) is 4.88 Å². The predicted octanol–water partition coefficient (Wildman–Crippen LogP) is 2.24. The van der Waals surface area contributed by atoms with Crippen LogP contribution in [0.2, 0.25) is 0 Å². The Kier molecular flexibility index (Phi) is 4.50. The summed E-state index contributed by atoms with van der Waals surface area (Å²) in [5, 5.41) is 1.75. The molecular formula is C9H7F3O4S. The lowest BCUT2D eigenvalue weighted by Crippen LogP contribution is -2.22. The first kappa shape index (κ1) is 13.5. The summed E-state index contributed by atoms with van der Waals surface area (Å²) in [7, 11) is 0. The van der Waals surface area contributed by atoms with Crippen molar-refractivity contribution in [1.82, 2.24) is 0 Å². The summed E-state index contributed by atoms with van der Waals surface area (Å²) < 4.78 is 42.3. The second-order valence-electron chi connectivity index (χ2n) is 2.84. The van der Waals surface area contributed by atoms with E-state index < -0.39 is 24.7 Å². The zero-order valence-electron chi connectivity index (χ0n) is 8.32. The molecule has 4 nitrogen and oxygen atoms in total. The fourth-order valence-corrected chi connectivity index (χ4v) is 1.50. The van der Waals surface area contributed by atoms with Gasteiger partial charge < -0.3 is 9.47 Å². The van der Waals surface area contributed by atoms with Gasteiger partial charge in [0.15, 0.2) is 0 Å². The second kappa shape index (κ2) is 5.67. The highest BCUT2D eigenvalue weighted by Crippen LogP contribution is 2.17. The number of esters is 2. The summed E-state index contributed by atoms with van der Waals surface area (Å²) in [6.45, 7) is -0.0736. The zero-order chi connectivity index (χ0) is 12.9. The van der Waals surface area contributed by atoms with Crippen molar-refractivity contribution in [3.05, 3.63) is 22.4 Å². The van der Waals surface area contributed by atoms with E-state index in [4.69, 9.17) is 0 Å². The van der Waals surface area contributed by atoms with Crippen LogP contribution in [0.5, 0.6) is 0 Å². The molecule has 0 saturated heterocycles. The molecule has 0 aliphatic carbocycles. The number of carbonyl (C=O) groups excluding carboxylic acids is 2. The minimum absolute atomic E-state index is 0.0736. The van der Waals surface area contributed by atoms with Gasteiger partial charge in [0, 0.05) is 4.88 Å². The fourth-order valence-electron chi connectivity index (χ4n) is 0.880. The smallest absolute Gasteiger partial charge is 0.460 e. The van der Waals surface area contributed by atoms with Gasteiger partial charge in [0.05, 0.1) is 0 Å². The molecule has 94 valence electrons. The Morgan fingerprint density at radius 1 is 1.29 bits per heavy atom. The van der Waals surface area contributed by atoms with Crippen molar-refractivity contribution < 1.29 is 32.2 Å². The lowest BCUT2D eigenvalue weighted by molar-refractivity contribution is -0.305. The molecule has 0 bridgehead atoms. The molecular weight excluding hydrogens is 261 g/mol. The van der Waals surface area contributed by atoms with Crippen molar-refractivity contribution in [3.8, 4) is 0 Å². The molecule has 0 amide bonds. The molecule has 0 fully saturated rings. The third kappa shape index (κ3) is 5.91. The molecule has 17 heavy (non-hydrogen) atoms. The van der Waals surface area contributed by atoms with Crippen LogP contribution in [-0.4, -0.2) is 18.3 Å². The monoisotopic (exact) mass is 268 g/mol. The van der Waals surface area contributed by atoms with E-state index in [0.29, 0.717) is 0 Å². The molecule has 0 radical (unpaired) electrons. The topological polar surface area (TPSA) is 52.6 Å². The van der Waals surface area contributed by atoms with Crippen molar-refractivity contribution in [3.63, 3.8) is 0 Å². The number of thiophene rings is 1. The minimum Gasteiger partial charge on any atom is -0.460 e. The van der Waals surface area contributed by atoms with Gasteiger partial charge in [0.2, 0.25) is 0 Å². The standard InChI is InChI=1S/C9H7F3O4S/c10-9(11,12)16-8(14)4-7(13)15-5-6-2-1-3-17-6/h1-3H,4-5H2. The van der Waals surface area contributed by atoms with E-state index in [2.05, 4.69) is 9.47 Å². The molecule has 1 aromatic rings. The number of alkyl halides is 3. The molecule has 0 saturated carbocycles. The quantitative estimate of drug-likeness (QED) is 0.620. The minimum atomic E-state index is -5.08. The van der Waals surface area contributed by atoms with E-state index in [9.17, 15) is 22.8 Å². The summed E-state index contributed by atoms with van der Waals surface area (Å²) in [5.41, 5.74) is 0. The fraction of sp³-hybridized carbons (Fsp3) is 0.333. The lowest BCUT2D eigenvalue weighted by Gasteiger charge is -2.06. The highest BCUT2D eigenvalue weighted by atomic mass is 32.1. The van der Waals surface area contributed by atoms with Crippen LogP contribution in [0.25, 0.3) is 0 Å². The van der Waals surface area contributed by atoms with E-state index in [1.807, 2.05) is 0 Å². The number of ether oxygens (including phenoxy) is 2. The first-order valence-corrected chi connectivity index (χ1v) is 5.21. The Hall–Kier alpha value is -1.57. The Morgan fingerprint density at radius 3 is 2.53 bits per heavy atom. The number of hydrogen-bond acceptors (Lipinski definition) is 5. The number of halogens is 3. The van der Waals surface area contributed by atoms with Crippen LogP contribution in [0.4, 0.5) is 13.2 Å². The molecule has 1 aromatic heterocycles. The summed E-state index contributed by atoms with van der Waals surface area (Å²) in [6.07, 6.45) is -6.14. The highest BCUT2D eigenvalue weighted by molar-refractivity contribution is 7.09. The maximum Gasteiger partial charge on any atom is 0.575 e. The average molecular weight is 268 g/mol. The number of carbonyl (C=O) groups is 2. The highest BCUT2D eigenvalue weighted by Gasteiger charge is 2.34. The molecule has 0 N–H and O–H groups in total. The van der Waals surface area contributed by atoms with Crippen LogP contribution in [-0.2, 0) is 25.7 Å². The Bertz CT molecular complexity index is 385. The summed E-state index contributed by atoms with van der Waals surface area (Å²) in [4.78, 5) is 22.3. The van der Waals surface area contributed by atoms with E-state index in [1.165, 1.54) is 11.3 Å². The molecule has 0 spiro atoms. The average Bonchev–Trinajstić information content (AvgIpc) is 2.63. The maximum atomic E-state index is 11.6. The lowest BCUT2D eigenvalue weighted by atomic mass is 10.4. The number of hydrogen-bond donors (Lipinski definition) is 0. The van der Waals surface area contributed by atoms with Gasteiger partial charge in [-0.3, -0.25) is 9.59 Å². The Labute approximate surface area is 97.9 Å². The molecule has 1 rings (SSSR count). The maximum absolute atomic E-state index is 11.6. The molecule has 8 heteroatoms. The number of rotatable bonds is 4. The largest absolute Gasteiger partial charge is 0.575 e. The van der Waals surface area contributed by atoms with Crippen molar-refractivity contribution in [2.45, 2.75) is 19.4 Å². The van der Waals surface area contributed by atoms with Crippen molar-refractivity contribution in [1.29, 1.82) is 0 Å². The van der Waals surface area contributed by atoms with Crippen molar-refractivity contribution >= 4 is 23.3 Å². The van der Waals surface area contributed by atoms with Gasteiger partial charge in [0.1, 0.15) is 13.0 Å². The van der Waals surface area contributed by atoms with Gasteiger partial charge >= 0.3 is 18.3 Å². The zero-order valence-corrected chi connectivity index (χ0v) is 9.14. The van der Waals surface area contributed by atoms with Gasteiger partial charge in [0.25, 0.3) is 0 Å². The molecule has 1 heterocycles. The molecule has 0 aliphatic rings. The Balaban J connectivity index is 2.27. The first-order chi connectivity index (χ1) is 7.87. The van der Waals surface area contributed by atoms with E-state index in [-0.39, 0.29) is 6.61 Å². The summed E-state index contributed by atoms with van der Waals surface area (Å²) in [6, 6.07) is 3.41. The molecule has 0 unspecified atom stereocenters. The molecule has 0 atom stereocenters. The predicted molar refractivity (Wildman–Crippen MR) is 50.9 cm³/mol. The van der Waals surface area contributed by atoms with Crippen LogP contribution in [0, 0.1) is 0 Å². The third-order valence-electron chi connectivity index (χ3n) is 1.47. The first-order valence-electron chi connectivity index (χ1n) is 4.33. The van der Waals surface area contributed by atoms with Crippen molar-refractivity contribution in [2.24, 2.45) is 0 Å². The van der Waals surface area contributed by atoms with Crippen molar-refractivity contribution in [2.75, 3.05) is 0 Å². The van der Waals surface area contributed by atoms with Crippen LogP contribution in [0.1, 0.15) is 11.3 Å². The van der Waals surface area contributed by atoms with Gasteiger partial charge in [-0.2, -0.15) is 0 Å². The van der Waals surface area contributed by atoms with Crippen LogP contribution < -0.4 is 0 Å². The van der Waals surface area contributed by atoms with Crippen LogP contribution >= 0.6 is 11.3 Å². The third-order valence-corrected chi connectivity index (χ3v) is 2.32. The van der Waals surface area contributed by atoms with Crippen LogP contribution in [0.3, 0.4) is 0 Å². The van der Waals surface area contributed by atoms with E-state index in [1.54, 1.807) is 17.5 Å². The summed E-state index contributed by atoms with van der Waals surface area (Å²) >= 11 is 1.32. The normalized spacial score (nSPS) is 11.0. The second-order valence-corrected chi connectivity index (χ2v) is 3.87. The van der Waals surface area contributed by atoms with Gasteiger partial charge in [-0.15, -0.1) is 24.5 Å².